The third-order valence-corrected chi connectivity index (χ3v) is 4.84. The largest absolute Gasteiger partial charge is 0.354 e. The minimum absolute atomic E-state index is 1.20. The summed E-state index contributed by atoms with van der Waals surface area (Å²) in [5.41, 5.74) is 6.27. The zero-order chi connectivity index (χ0) is 16.1. The summed E-state index contributed by atoms with van der Waals surface area (Å²) in [6, 6.07) is 28.3. The summed E-state index contributed by atoms with van der Waals surface area (Å²) < 4.78 is 0. The van der Waals surface area contributed by atoms with Crippen molar-refractivity contribution < 1.29 is 0 Å². The Morgan fingerprint density at radius 3 is 2.38 bits per heavy atom. The summed E-state index contributed by atoms with van der Waals surface area (Å²) >= 11 is 0. The van der Waals surface area contributed by atoms with Gasteiger partial charge in [0, 0.05) is 21.7 Å². The summed E-state index contributed by atoms with van der Waals surface area (Å²) in [7, 11) is 0. The molecule has 1 N–H and O–H groups in total. The number of fused-ring (bicyclic) bond motifs is 5. The summed E-state index contributed by atoms with van der Waals surface area (Å²) in [6.45, 7) is 2.15. The Morgan fingerprint density at radius 1 is 0.708 bits per heavy atom. The van der Waals surface area contributed by atoms with Crippen molar-refractivity contribution in [2.45, 2.75) is 6.92 Å². The van der Waals surface area contributed by atoms with Crippen LogP contribution < -0.4 is 0 Å². The maximum atomic E-state index is 3.66. The van der Waals surface area contributed by atoms with Gasteiger partial charge in [-0.1, -0.05) is 66.2 Å². The first-order valence-corrected chi connectivity index (χ1v) is 8.30. The normalized spacial score (nSPS) is 11.5. The quantitative estimate of drug-likeness (QED) is 0.366. The average molecular weight is 307 g/mol. The fourth-order valence-corrected chi connectivity index (χ4v) is 3.71. The molecule has 0 amide bonds. The van der Waals surface area contributed by atoms with Gasteiger partial charge < -0.3 is 4.98 Å². The number of H-pyrrole nitrogens is 1. The van der Waals surface area contributed by atoms with Crippen LogP contribution in [0.25, 0.3) is 43.7 Å². The molecular formula is C23H17N. The van der Waals surface area contributed by atoms with Crippen LogP contribution in [0.1, 0.15) is 5.56 Å². The van der Waals surface area contributed by atoms with Crippen LogP contribution in [0.4, 0.5) is 0 Å². The van der Waals surface area contributed by atoms with Crippen LogP contribution in [0.5, 0.6) is 0 Å². The Labute approximate surface area is 140 Å². The van der Waals surface area contributed by atoms with E-state index >= 15 is 0 Å². The highest BCUT2D eigenvalue weighted by atomic mass is 14.7. The minimum atomic E-state index is 1.20. The molecule has 1 heteroatoms. The second-order valence-corrected chi connectivity index (χ2v) is 6.44. The van der Waals surface area contributed by atoms with E-state index in [-0.39, 0.29) is 0 Å². The van der Waals surface area contributed by atoms with Gasteiger partial charge in [-0.05, 0) is 41.6 Å². The Morgan fingerprint density at radius 2 is 1.50 bits per heavy atom. The Balaban J connectivity index is 2.06. The molecule has 5 aromatic rings. The second-order valence-electron chi connectivity index (χ2n) is 6.44. The molecule has 0 radical (unpaired) electrons. The topological polar surface area (TPSA) is 15.8 Å². The number of aromatic amines is 1. The molecule has 0 spiro atoms. The molecule has 0 atom stereocenters. The first kappa shape index (κ1) is 13.4. The van der Waals surface area contributed by atoms with Gasteiger partial charge in [0.2, 0.25) is 0 Å². The lowest BCUT2D eigenvalue weighted by atomic mass is 9.95. The number of hydrogen-bond donors (Lipinski definition) is 1. The van der Waals surface area contributed by atoms with Gasteiger partial charge in [0.1, 0.15) is 0 Å². The van der Waals surface area contributed by atoms with Gasteiger partial charge in [0.25, 0.3) is 0 Å². The van der Waals surface area contributed by atoms with Crippen LogP contribution in [-0.2, 0) is 0 Å². The Kier molecular flexibility index (Phi) is 2.77. The molecule has 0 aliphatic carbocycles. The SMILES string of the molecule is Cc1ccc2[nH]c3c4ccccc4cc(-c4ccccc4)c3c2c1. The highest BCUT2D eigenvalue weighted by molar-refractivity contribution is 6.22. The van der Waals surface area contributed by atoms with E-state index in [1.165, 1.54) is 49.3 Å². The number of rotatable bonds is 1. The third kappa shape index (κ3) is 1.88. The van der Waals surface area contributed by atoms with E-state index in [1.807, 2.05) is 0 Å². The average Bonchev–Trinajstić information content (AvgIpc) is 3.01. The number of aromatic nitrogens is 1. The van der Waals surface area contributed by atoms with Crippen LogP contribution >= 0.6 is 0 Å². The lowest BCUT2D eigenvalue weighted by molar-refractivity contribution is 1.49. The maximum Gasteiger partial charge on any atom is 0.0550 e. The van der Waals surface area contributed by atoms with E-state index in [0.29, 0.717) is 0 Å². The third-order valence-electron chi connectivity index (χ3n) is 4.84. The molecule has 0 saturated carbocycles. The lowest BCUT2D eigenvalue weighted by Gasteiger charge is -2.08. The predicted octanol–water partition coefficient (Wildman–Crippen LogP) is 6.45. The Bertz CT molecular complexity index is 1200. The van der Waals surface area contributed by atoms with E-state index in [0.717, 1.165) is 0 Å². The number of hydrogen-bond acceptors (Lipinski definition) is 0. The summed E-state index contributed by atoms with van der Waals surface area (Å²) in [5.74, 6) is 0. The van der Waals surface area contributed by atoms with E-state index in [9.17, 15) is 0 Å². The molecule has 114 valence electrons. The minimum Gasteiger partial charge on any atom is -0.354 e. The molecule has 1 aromatic heterocycles. The van der Waals surface area contributed by atoms with Gasteiger partial charge in [-0.3, -0.25) is 0 Å². The number of benzene rings is 4. The van der Waals surface area contributed by atoms with Crippen molar-refractivity contribution in [1.29, 1.82) is 0 Å². The van der Waals surface area contributed by atoms with Gasteiger partial charge in [-0.15, -0.1) is 0 Å². The zero-order valence-electron chi connectivity index (χ0n) is 13.5. The Hall–Kier alpha value is -3.06. The van der Waals surface area contributed by atoms with Crippen LogP contribution in [0.2, 0.25) is 0 Å². The van der Waals surface area contributed by atoms with Crippen LogP contribution in [0.15, 0.2) is 78.9 Å². The lowest BCUT2D eigenvalue weighted by Crippen LogP contribution is -1.83. The number of aryl methyl sites for hydroxylation is 1. The molecule has 24 heavy (non-hydrogen) atoms. The highest BCUT2D eigenvalue weighted by Crippen LogP contribution is 2.39. The number of nitrogens with one attached hydrogen (secondary N) is 1. The van der Waals surface area contributed by atoms with E-state index in [4.69, 9.17) is 0 Å². The van der Waals surface area contributed by atoms with Gasteiger partial charge in [0.15, 0.2) is 0 Å². The predicted molar refractivity (Wildman–Crippen MR) is 103 cm³/mol. The monoisotopic (exact) mass is 307 g/mol. The fraction of sp³-hybridized carbons (Fsp3) is 0.0435. The van der Waals surface area contributed by atoms with E-state index in [1.54, 1.807) is 0 Å². The van der Waals surface area contributed by atoms with Crippen LogP contribution in [0.3, 0.4) is 0 Å². The summed E-state index contributed by atoms with van der Waals surface area (Å²) in [5, 5.41) is 5.17. The molecular weight excluding hydrogens is 290 g/mol. The first-order valence-electron chi connectivity index (χ1n) is 8.30. The second kappa shape index (κ2) is 4.97. The molecule has 0 bridgehead atoms. The van der Waals surface area contributed by atoms with Crippen molar-refractivity contribution >= 4 is 32.6 Å². The summed E-state index contributed by atoms with van der Waals surface area (Å²) in [6.07, 6.45) is 0. The van der Waals surface area contributed by atoms with Crippen molar-refractivity contribution in [3.05, 3.63) is 84.4 Å². The molecule has 0 fully saturated rings. The molecule has 0 saturated heterocycles. The standard InChI is InChI=1S/C23H17N/c1-15-11-12-21-20(13-15)22-19(16-7-3-2-4-8-16)14-17-9-5-6-10-18(17)23(22)24-21/h2-14,24H,1H3. The molecule has 4 aromatic carbocycles. The van der Waals surface area contributed by atoms with Gasteiger partial charge in [-0.25, -0.2) is 0 Å². The molecule has 0 aliphatic heterocycles. The summed E-state index contributed by atoms with van der Waals surface area (Å²) in [4.78, 5) is 3.66. The zero-order valence-corrected chi connectivity index (χ0v) is 13.5. The fourth-order valence-electron chi connectivity index (χ4n) is 3.71. The smallest absolute Gasteiger partial charge is 0.0550 e. The van der Waals surface area contributed by atoms with Gasteiger partial charge in [-0.2, -0.15) is 0 Å². The van der Waals surface area contributed by atoms with E-state index < -0.39 is 0 Å². The molecule has 1 heterocycles. The van der Waals surface area contributed by atoms with Crippen molar-refractivity contribution in [1.82, 2.24) is 4.98 Å². The van der Waals surface area contributed by atoms with Gasteiger partial charge in [0.05, 0.1) is 5.52 Å². The molecule has 0 aliphatic rings. The first-order chi connectivity index (χ1) is 11.8. The van der Waals surface area contributed by atoms with Crippen LogP contribution in [0, 0.1) is 6.92 Å². The highest BCUT2D eigenvalue weighted by Gasteiger charge is 2.13. The molecule has 0 unspecified atom stereocenters. The van der Waals surface area contributed by atoms with Crippen molar-refractivity contribution in [3.8, 4) is 11.1 Å². The van der Waals surface area contributed by atoms with E-state index in [2.05, 4.69) is 90.8 Å². The van der Waals surface area contributed by atoms with Gasteiger partial charge >= 0.3 is 0 Å². The van der Waals surface area contributed by atoms with Crippen LogP contribution in [-0.4, -0.2) is 4.98 Å². The maximum absolute atomic E-state index is 3.66. The van der Waals surface area contributed by atoms with Crippen molar-refractivity contribution in [2.24, 2.45) is 0 Å². The molecule has 5 rings (SSSR count). The van der Waals surface area contributed by atoms with Crippen molar-refractivity contribution in [3.63, 3.8) is 0 Å². The van der Waals surface area contributed by atoms with Crippen molar-refractivity contribution in [2.75, 3.05) is 0 Å². The molecule has 1 nitrogen and oxygen atoms in total.